The summed E-state index contributed by atoms with van der Waals surface area (Å²) in [5, 5.41) is 23.6. The number of aliphatic carboxylic acids is 2. The summed E-state index contributed by atoms with van der Waals surface area (Å²) in [6.45, 7) is 4.35. The van der Waals surface area contributed by atoms with Crippen LogP contribution in [0.25, 0.3) is 0 Å². The summed E-state index contributed by atoms with van der Waals surface area (Å²) in [4.78, 5) is 20.6. The second-order valence-electron chi connectivity index (χ2n) is 3.87. The molecule has 7 heteroatoms. The maximum absolute atomic E-state index is 9.10. The van der Waals surface area contributed by atoms with Gasteiger partial charge in [0.15, 0.2) is 0 Å². The molecule has 1 fully saturated rings. The third-order valence-corrected chi connectivity index (χ3v) is 2.59. The molecule has 0 aromatic heterocycles. The Morgan fingerprint density at radius 1 is 1.18 bits per heavy atom. The maximum Gasteiger partial charge on any atom is 0.414 e. The first-order valence-electron chi connectivity index (χ1n) is 5.50. The lowest BCUT2D eigenvalue weighted by molar-refractivity contribution is -0.159. The third-order valence-electron chi connectivity index (χ3n) is 2.59. The zero-order valence-corrected chi connectivity index (χ0v) is 9.71. The van der Waals surface area contributed by atoms with Crippen LogP contribution in [0.2, 0.25) is 0 Å². The van der Waals surface area contributed by atoms with E-state index in [9.17, 15) is 0 Å². The van der Waals surface area contributed by atoms with Crippen molar-refractivity contribution in [2.75, 3.05) is 32.8 Å². The molecule has 17 heavy (non-hydrogen) atoms. The quantitative estimate of drug-likeness (QED) is 0.463. The lowest BCUT2D eigenvalue weighted by atomic mass is 9.98. The SMILES string of the molecule is NCCN1CCC(CO)CC1.O=C(O)C(=O)O. The van der Waals surface area contributed by atoms with Crippen LogP contribution in [0.1, 0.15) is 12.8 Å². The molecule has 7 nitrogen and oxygen atoms in total. The lowest BCUT2D eigenvalue weighted by Crippen LogP contribution is -2.37. The number of rotatable bonds is 3. The van der Waals surface area contributed by atoms with Gasteiger partial charge in [-0.3, -0.25) is 0 Å². The van der Waals surface area contributed by atoms with Gasteiger partial charge >= 0.3 is 11.9 Å². The van der Waals surface area contributed by atoms with Gasteiger partial charge in [-0.1, -0.05) is 0 Å². The van der Waals surface area contributed by atoms with Crippen LogP contribution in [0, 0.1) is 5.92 Å². The number of nitrogens with two attached hydrogens (primary N) is 1. The number of aliphatic hydroxyl groups is 1. The lowest BCUT2D eigenvalue weighted by Gasteiger charge is -2.30. The van der Waals surface area contributed by atoms with Crippen LogP contribution in [0.4, 0.5) is 0 Å². The van der Waals surface area contributed by atoms with E-state index in [1.165, 1.54) is 0 Å². The Hall–Kier alpha value is -1.18. The number of likely N-dealkylation sites (tertiary alicyclic amines) is 1. The van der Waals surface area contributed by atoms with Crippen LogP contribution >= 0.6 is 0 Å². The van der Waals surface area contributed by atoms with E-state index in [1.54, 1.807) is 0 Å². The largest absolute Gasteiger partial charge is 0.473 e. The summed E-state index contributed by atoms with van der Waals surface area (Å²) >= 11 is 0. The topological polar surface area (TPSA) is 124 Å². The molecule has 1 heterocycles. The molecule has 1 aliphatic rings. The predicted molar refractivity (Wildman–Crippen MR) is 60.6 cm³/mol. The molecular weight excluding hydrogens is 228 g/mol. The van der Waals surface area contributed by atoms with E-state index in [2.05, 4.69) is 4.90 Å². The van der Waals surface area contributed by atoms with Crippen molar-refractivity contribution in [2.24, 2.45) is 11.7 Å². The van der Waals surface area contributed by atoms with Crippen molar-refractivity contribution in [3.63, 3.8) is 0 Å². The minimum absolute atomic E-state index is 0.358. The van der Waals surface area contributed by atoms with Crippen molar-refractivity contribution < 1.29 is 24.9 Å². The van der Waals surface area contributed by atoms with Crippen molar-refractivity contribution in [1.82, 2.24) is 4.90 Å². The van der Waals surface area contributed by atoms with Crippen molar-refractivity contribution in [2.45, 2.75) is 12.8 Å². The van der Waals surface area contributed by atoms with Gasteiger partial charge in [-0.15, -0.1) is 0 Å². The highest BCUT2D eigenvalue weighted by Crippen LogP contribution is 2.15. The molecule has 0 aromatic rings. The summed E-state index contributed by atoms with van der Waals surface area (Å²) in [6, 6.07) is 0. The Balaban J connectivity index is 0.000000366. The number of piperidine rings is 1. The van der Waals surface area contributed by atoms with E-state index < -0.39 is 11.9 Å². The van der Waals surface area contributed by atoms with Crippen LogP contribution in [0.15, 0.2) is 0 Å². The van der Waals surface area contributed by atoms with Gasteiger partial charge in [0.2, 0.25) is 0 Å². The van der Waals surface area contributed by atoms with E-state index in [4.69, 9.17) is 30.6 Å². The highest BCUT2D eigenvalue weighted by Gasteiger charge is 2.16. The van der Waals surface area contributed by atoms with E-state index in [-0.39, 0.29) is 0 Å². The molecule has 0 atom stereocenters. The highest BCUT2D eigenvalue weighted by atomic mass is 16.4. The Morgan fingerprint density at radius 3 is 1.94 bits per heavy atom. The first-order valence-corrected chi connectivity index (χ1v) is 5.50. The van der Waals surface area contributed by atoms with Crippen LogP contribution in [-0.2, 0) is 9.59 Å². The summed E-state index contributed by atoms with van der Waals surface area (Å²) < 4.78 is 0. The predicted octanol–water partition coefficient (Wildman–Crippen LogP) is -1.19. The summed E-state index contributed by atoms with van der Waals surface area (Å²) in [6.07, 6.45) is 2.27. The average molecular weight is 248 g/mol. The Bertz CT molecular complexity index is 227. The summed E-state index contributed by atoms with van der Waals surface area (Å²) in [5.41, 5.74) is 5.44. The van der Waals surface area contributed by atoms with Crippen LogP contribution in [0.3, 0.4) is 0 Å². The monoisotopic (exact) mass is 248 g/mol. The zero-order chi connectivity index (χ0) is 13.3. The van der Waals surface area contributed by atoms with Gasteiger partial charge in [-0.2, -0.15) is 0 Å². The number of hydrogen-bond donors (Lipinski definition) is 4. The maximum atomic E-state index is 9.10. The fraction of sp³-hybridized carbons (Fsp3) is 0.800. The second kappa shape index (κ2) is 8.91. The molecule has 0 bridgehead atoms. The summed E-state index contributed by atoms with van der Waals surface area (Å²) in [5.74, 6) is -3.10. The van der Waals surface area contributed by atoms with Gasteiger partial charge in [0.05, 0.1) is 0 Å². The number of hydrogen-bond acceptors (Lipinski definition) is 5. The van der Waals surface area contributed by atoms with E-state index in [0.717, 1.165) is 39.0 Å². The van der Waals surface area contributed by atoms with Crippen LogP contribution in [0.5, 0.6) is 0 Å². The molecule has 100 valence electrons. The smallest absolute Gasteiger partial charge is 0.414 e. The molecular formula is C10H20N2O5. The zero-order valence-electron chi connectivity index (χ0n) is 9.71. The van der Waals surface area contributed by atoms with Gasteiger partial charge in [-0.25, -0.2) is 9.59 Å². The molecule has 0 radical (unpaired) electrons. The van der Waals surface area contributed by atoms with Gasteiger partial charge in [0.25, 0.3) is 0 Å². The van der Waals surface area contributed by atoms with Gasteiger partial charge in [0.1, 0.15) is 0 Å². The normalized spacial score (nSPS) is 17.1. The molecule has 0 spiro atoms. The molecule has 1 rings (SSSR count). The van der Waals surface area contributed by atoms with Gasteiger partial charge < -0.3 is 26.0 Å². The molecule has 0 saturated carbocycles. The molecule has 5 N–H and O–H groups in total. The number of carbonyl (C=O) groups is 2. The average Bonchev–Trinajstić information content (AvgIpc) is 2.31. The Labute approximate surface area is 99.8 Å². The molecule has 1 aliphatic heterocycles. The third kappa shape index (κ3) is 7.67. The number of carboxylic acid groups (broad SMARTS) is 2. The van der Waals surface area contributed by atoms with Crippen molar-refractivity contribution in [1.29, 1.82) is 0 Å². The van der Waals surface area contributed by atoms with E-state index in [1.807, 2.05) is 0 Å². The molecule has 0 amide bonds. The number of nitrogens with zero attached hydrogens (tertiary/aromatic N) is 1. The highest BCUT2D eigenvalue weighted by molar-refractivity contribution is 6.27. The molecule has 0 unspecified atom stereocenters. The molecule has 0 aromatic carbocycles. The first-order chi connectivity index (χ1) is 8.01. The van der Waals surface area contributed by atoms with E-state index in [0.29, 0.717) is 12.5 Å². The molecule has 0 aliphatic carbocycles. The standard InChI is InChI=1S/C8H18N2O.C2H2O4/c9-3-6-10-4-1-8(7-11)2-5-10;3-1(4)2(5)6/h8,11H,1-7,9H2;(H,3,4)(H,5,6). The van der Waals surface area contributed by atoms with Crippen molar-refractivity contribution >= 4 is 11.9 Å². The first kappa shape index (κ1) is 15.8. The number of carboxylic acids is 2. The fourth-order valence-corrected chi connectivity index (χ4v) is 1.58. The summed E-state index contributed by atoms with van der Waals surface area (Å²) in [7, 11) is 0. The van der Waals surface area contributed by atoms with E-state index >= 15 is 0 Å². The molecule has 1 saturated heterocycles. The Morgan fingerprint density at radius 2 is 1.65 bits per heavy atom. The van der Waals surface area contributed by atoms with Crippen LogP contribution < -0.4 is 5.73 Å². The fourth-order valence-electron chi connectivity index (χ4n) is 1.58. The minimum atomic E-state index is -1.82. The second-order valence-corrected chi connectivity index (χ2v) is 3.87. The Kier molecular flexibility index (Phi) is 8.29. The van der Waals surface area contributed by atoms with Gasteiger partial charge in [0, 0.05) is 19.7 Å². The van der Waals surface area contributed by atoms with Gasteiger partial charge in [-0.05, 0) is 31.8 Å². The van der Waals surface area contributed by atoms with Crippen molar-refractivity contribution in [3.8, 4) is 0 Å². The minimum Gasteiger partial charge on any atom is -0.473 e. The number of aliphatic hydroxyl groups excluding tert-OH is 1. The van der Waals surface area contributed by atoms with Crippen molar-refractivity contribution in [3.05, 3.63) is 0 Å². The van der Waals surface area contributed by atoms with Crippen LogP contribution in [-0.4, -0.2) is 64.9 Å².